The highest BCUT2D eigenvalue weighted by Crippen LogP contribution is 2.32. The number of carbonyl (C=O) groups excluding carboxylic acids is 2. The predicted molar refractivity (Wildman–Crippen MR) is 95.1 cm³/mol. The zero-order chi connectivity index (χ0) is 20.0. The third kappa shape index (κ3) is 5.32. The monoisotopic (exact) mass is 379 g/mol. The molecule has 0 aliphatic heterocycles. The fourth-order valence-corrected chi connectivity index (χ4v) is 2.42. The molecule has 2 aromatic rings. The highest BCUT2D eigenvalue weighted by Gasteiger charge is 2.30. The molecule has 0 radical (unpaired) electrons. The topological polar surface area (TPSA) is 55.4 Å². The second-order valence-corrected chi connectivity index (χ2v) is 5.96. The lowest BCUT2D eigenvalue weighted by molar-refractivity contribution is -0.137. The summed E-state index contributed by atoms with van der Waals surface area (Å²) in [5.74, 6) is -1.12. The maximum atomic E-state index is 12.7. The first-order valence-corrected chi connectivity index (χ1v) is 8.49. The van der Waals surface area contributed by atoms with E-state index in [1.807, 2.05) is 6.92 Å². The average Bonchev–Trinajstić information content (AvgIpc) is 2.65. The summed E-state index contributed by atoms with van der Waals surface area (Å²) in [7, 11) is 0. The van der Waals surface area contributed by atoms with Gasteiger partial charge in [-0.05, 0) is 42.7 Å². The molecule has 1 unspecified atom stereocenters. The lowest BCUT2D eigenvalue weighted by Gasteiger charge is -2.15. The van der Waals surface area contributed by atoms with Gasteiger partial charge in [0, 0.05) is 6.54 Å². The first-order valence-electron chi connectivity index (χ1n) is 8.49. The molecule has 0 aromatic heterocycles. The molecule has 7 heteroatoms. The first kappa shape index (κ1) is 20.5. The molecule has 1 amide bonds. The van der Waals surface area contributed by atoms with E-state index in [9.17, 15) is 22.8 Å². The van der Waals surface area contributed by atoms with Crippen LogP contribution in [-0.2, 0) is 15.7 Å². The van der Waals surface area contributed by atoms with Gasteiger partial charge in [0.2, 0.25) is 0 Å². The molecule has 4 nitrogen and oxygen atoms in total. The molecule has 144 valence electrons. The van der Waals surface area contributed by atoms with Crippen molar-refractivity contribution in [2.75, 3.05) is 6.54 Å². The predicted octanol–water partition coefficient (Wildman–Crippen LogP) is 4.44. The van der Waals surface area contributed by atoms with Crippen LogP contribution in [0.3, 0.4) is 0 Å². The third-order valence-electron chi connectivity index (χ3n) is 3.87. The van der Waals surface area contributed by atoms with E-state index in [1.165, 1.54) is 25.1 Å². The van der Waals surface area contributed by atoms with Gasteiger partial charge in [-0.3, -0.25) is 4.79 Å². The molecule has 1 atom stereocenters. The van der Waals surface area contributed by atoms with Gasteiger partial charge in [0.15, 0.2) is 6.10 Å². The molecule has 0 aliphatic carbocycles. The van der Waals surface area contributed by atoms with E-state index >= 15 is 0 Å². The number of esters is 1. The quantitative estimate of drug-likeness (QED) is 0.755. The minimum absolute atomic E-state index is 0.174. The Morgan fingerprint density at radius 3 is 2.30 bits per heavy atom. The number of ether oxygens (including phenoxy) is 1. The third-order valence-corrected chi connectivity index (χ3v) is 3.87. The Morgan fingerprint density at radius 2 is 1.70 bits per heavy atom. The van der Waals surface area contributed by atoms with Gasteiger partial charge < -0.3 is 10.1 Å². The summed E-state index contributed by atoms with van der Waals surface area (Å²) in [5.41, 5.74) is 0.274. The molecule has 0 spiro atoms. The molecule has 0 bridgehead atoms. The summed E-state index contributed by atoms with van der Waals surface area (Å²) < 4.78 is 43.4. The highest BCUT2D eigenvalue weighted by atomic mass is 19.4. The molecular formula is C20H20F3NO3. The SMILES string of the molecule is CCCNC(=O)C(C)OC(=O)c1ccccc1-c1ccc(C(F)(F)F)cc1. The number of alkyl halides is 3. The van der Waals surface area contributed by atoms with Crippen molar-refractivity contribution in [2.24, 2.45) is 0 Å². The maximum Gasteiger partial charge on any atom is 0.416 e. The van der Waals surface area contributed by atoms with Gasteiger partial charge in [-0.15, -0.1) is 0 Å². The zero-order valence-corrected chi connectivity index (χ0v) is 15.0. The fraction of sp³-hybridized carbons (Fsp3) is 0.300. The second kappa shape index (κ2) is 8.70. The molecule has 0 fully saturated rings. The molecule has 0 saturated heterocycles. The van der Waals surface area contributed by atoms with Crippen molar-refractivity contribution in [1.82, 2.24) is 5.32 Å². The summed E-state index contributed by atoms with van der Waals surface area (Å²) in [6.45, 7) is 3.84. The van der Waals surface area contributed by atoms with E-state index < -0.39 is 29.7 Å². The normalized spacial score (nSPS) is 12.3. The Labute approximate surface area is 155 Å². The number of rotatable bonds is 6. The Hall–Kier alpha value is -2.83. The molecule has 0 heterocycles. The minimum Gasteiger partial charge on any atom is -0.449 e. The van der Waals surface area contributed by atoms with Gasteiger partial charge in [0.05, 0.1) is 11.1 Å². The van der Waals surface area contributed by atoms with Crippen molar-refractivity contribution in [3.8, 4) is 11.1 Å². The number of nitrogens with one attached hydrogen (secondary N) is 1. The Kier molecular flexibility index (Phi) is 6.60. The van der Waals surface area contributed by atoms with E-state index in [0.29, 0.717) is 17.7 Å². The molecule has 27 heavy (non-hydrogen) atoms. The maximum absolute atomic E-state index is 12.7. The minimum atomic E-state index is -4.43. The van der Waals surface area contributed by atoms with Crippen LogP contribution < -0.4 is 5.32 Å². The van der Waals surface area contributed by atoms with Crippen LogP contribution in [0.5, 0.6) is 0 Å². The van der Waals surface area contributed by atoms with E-state index in [1.54, 1.807) is 18.2 Å². The van der Waals surface area contributed by atoms with Gasteiger partial charge in [0.1, 0.15) is 0 Å². The number of hydrogen-bond acceptors (Lipinski definition) is 3. The van der Waals surface area contributed by atoms with Gasteiger partial charge in [-0.2, -0.15) is 13.2 Å². The lowest BCUT2D eigenvalue weighted by Crippen LogP contribution is -2.36. The zero-order valence-electron chi connectivity index (χ0n) is 15.0. The van der Waals surface area contributed by atoms with Crippen molar-refractivity contribution in [2.45, 2.75) is 32.5 Å². The van der Waals surface area contributed by atoms with Crippen molar-refractivity contribution in [3.63, 3.8) is 0 Å². The molecule has 0 saturated carbocycles. The van der Waals surface area contributed by atoms with Gasteiger partial charge in [-0.25, -0.2) is 4.79 Å². The van der Waals surface area contributed by atoms with Crippen LogP contribution in [0.1, 0.15) is 36.2 Å². The van der Waals surface area contributed by atoms with Crippen LogP contribution in [0.2, 0.25) is 0 Å². The van der Waals surface area contributed by atoms with E-state index in [0.717, 1.165) is 18.6 Å². The van der Waals surface area contributed by atoms with Crippen LogP contribution in [0, 0.1) is 0 Å². The Morgan fingerprint density at radius 1 is 1.07 bits per heavy atom. The van der Waals surface area contributed by atoms with Crippen molar-refractivity contribution < 1.29 is 27.5 Å². The van der Waals surface area contributed by atoms with E-state index in [4.69, 9.17) is 4.74 Å². The standard InChI is InChI=1S/C20H20F3NO3/c1-3-12-24-18(25)13(2)27-19(26)17-7-5-4-6-16(17)14-8-10-15(11-9-14)20(21,22)23/h4-11,13H,3,12H2,1-2H3,(H,24,25). The largest absolute Gasteiger partial charge is 0.449 e. The van der Waals surface area contributed by atoms with Crippen molar-refractivity contribution >= 4 is 11.9 Å². The fourth-order valence-electron chi connectivity index (χ4n) is 2.42. The smallest absolute Gasteiger partial charge is 0.416 e. The summed E-state index contributed by atoms with van der Waals surface area (Å²) in [5, 5.41) is 2.63. The number of hydrogen-bond donors (Lipinski definition) is 1. The summed E-state index contributed by atoms with van der Waals surface area (Å²) >= 11 is 0. The first-order chi connectivity index (χ1) is 12.7. The van der Waals surface area contributed by atoms with Crippen LogP contribution in [0.15, 0.2) is 48.5 Å². The Balaban J connectivity index is 2.22. The van der Waals surface area contributed by atoms with Gasteiger partial charge in [-0.1, -0.05) is 37.3 Å². The van der Waals surface area contributed by atoms with Gasteiger partial charge >= 0.3 is 12.1 Å². The molecule has 1 N–H and O–H groups in total. The Bertz CT molecular complexity index is 801. The molecular weight excluding hydrogens is 359 g/mol. The van der Waals surface area contributed by atoms with Crippen LogP contribution in [0.25, 0.3) is 11.1 Å². The number of carbonyl (C=O) groups is 2. The van der Waals surface area contributed by atoms with Crippen LogP contribution in [-0.4, -0.2) is 24.5 Å². The number of halogens is 3. The highest BCUT2D eigenvalue weighted by molar-refractivity contribution is 5.98. The second-order valence-electron chi connectivity index (χ2n) is 5.96. The van der Waals surface area contributed by atoms with Gasteiger partial charge in [0.25, 0.3) is 5.91 Å². The van der Waals surface area contributed by atoms with Crippen LogP contribution in [0.4, 0.5) is 13.2 Å². The van der Waals surface area contributed by atoms with Crippen LogP contribution >= 0.6 is 0 Å². The van der Waals surface area contributed by atoms with Crippen molar-refractivity contribution in [1.29, 1.82) is 0 Å². The average molecular weight is 379 g/mol. The summed E-state index contributed by atoms with van der Waals surface area (Å²) in [4.78, 5) is 24.3. The summed E-state index contributed by atoms with van der Waals surface area (Å²) in [6, 6.07) is 10.9. The van der Waals surface area contributed by atoms with E-state index in [-0.39, 0.29) is 5.56 Å². The van der Waals surface area contributed by atoms with E-state index in [2.05, 4.69) is 5.32 Å². The number of amides is 1. The summed E-state index contributed by atoms with van der Waals surface area (Å²) in [6.07, 6.45) is -4.66. The molecule has 0 aliphatic rings. The molecule has 2 aromatic carbocycles. The lowest BCUT2D eigenvalue weighted by atomic mass is 9.98. The number of benzene rings is 2. The van der Waals surface area contributed by atoms with Crippen molar-refractivity contribution in [3.05, 3.63) is 59.7 Å². The molecule has 2 rings (SSSR count).